The van der Waals surface area contributed by atoms with Crippen molar-refractivity contribution < 1.29 is 13.2 Å². The summed E-state index contributed by atoms with van der Waals surface area (Å²) in [6, 6.07) is 0.649. The Kier molecular flexibility index (Phi) is 2.54. The van der Waals surface area contributed by atoms with Gasteiger partial charge in [-0.1, -0.05) is 13.3 Å². The van der Waals surface area contributed by atoms with Crippen molar-refractivity contribution in [1.29, 1.82) is 0 Å². The molecule has 15 heavy (non-hydrogen) atoms. The molecule has 2 rings (SSSR count). The van der Waals surface area contributed by atoms with E-state index in [1.807, 2.05) is 6.92 Å². The Hall–Kier alpha value is -1.26. The van der Waals surface area contributed by atoms with Gasteiger partial charge in [0.15, 0.2) is 17.5 Å². The van der Waals surface area contributed by atoms with E-state index in [4.69, 9.17) is 0 Å². The van der Waals surface area contributed by atoms with Crippen LogP contribution in [0, 0.1) is 23.5 Å². The monoisotopic (exact) mass is 216 g/mol. The molecule has 2 nitrogen and oxygen atoms in total. The van der Waals surface area contributed by atoms with Crippen LogP contribution in [0.1, 0.15) is 19.8 Å². The van der Waals surface area contributed by atoms with Gasteiger partial charge in [0.05, 0.1) is 0 Å². The standard InChI is InChI=1S/C10H11F3N2/c1-2-5-3-8(5)14-10-7(12)4-6(11)9(13)15-10/h4-5,8H,2-3H2,1H3,(H,14,15). The van der Waals surface area contributed by atoms with Gasteiger partial charge in [0, 0.05) is 12.1 Å². The third kappa shape index (κ3) is 2.06. The summed E-state index contributed by atoms with van der Waals surface area (Å²) < 4.78 is 38.4. The molecule has 2 atom stereocenters. The summed E-state index contributed by atoms with van der Waals surface area (Å²) in [5.41, 5.74) is 0. The van der Waals surface area contributed by atoms with Gasteiger partial charge in [-0.15, -0.1) is 0 Å². The van der Waals surface area contributed by atoms with Crippen LogP contribution in [0.5, 0.6) is 0 Å². The highest BCUT2D eigenvalue weighted by molar-refractivity contribution is 5.39. The fourth-order valence-corrected chi connectivity index (χ4v) is 1.60. The number of pyridine rings is 1. The summed E-state index contributed by atoms with van der Waals surface area (Å²) in [7, 11) is 0. The van der Waals surface area contributed by atoms with Gasteiger partial charge in [0.1, 0.15) is 0 Å². The van der Waals surface area contributed by atoms with Crippen LogP contribution in [0.15, 0.2) is 6.07 Å². The maximum Gasteiger partial charge on any atom is 0.251 e. The number of nitrogens with one attached hydrogen (secondary N) is 1. The van der Waals surface area contributed by atoms with E-state index >= 15 is 0 Å². The summed E-state index contributed by atoms with van der Waals surface area (Å²) >= 11 is 0. The molecule has 1 aliphatic carbocycles. The zero-order valence-corrected chi connectivity index (χ0v) is 8.23. The molecule has 2 unspecified atom stereocenters. The lowest BCUT2D eigenvalue weighted by atomic mass is 10.3. The normalized spacial score (nSPS) is 24.0. The largest absolute Gasteiger partial charge is 0.365 e. The molecule has 1 heterocycles. The second-order valence-electron chi connectivity index (χ2n) is 3.75. The molecular formula is C10H11F3N2. The van der Waals surface area contributed by atoms with E-state index in [1.54, 1.807) is 0 Å². The Bertz CT molecular complexity index is 381. The SMILES string of the molecule is CCC1CC1Nc1nc(F)c(F)cc1F. The van der Waals surface area contributed by atoms with Crippen LogP contribution in [0.2, 0.25) is 0 Å². The molecule has 82 valence electrons. The minimum Gasteiger partial charge on any atom is -0.365 e. The van der Waals surface area contributed by atoms with Crippen molar-refractivity contribution in [2.45, 2.75) is 25.8 Å². The Morgan fingerprint density at radius 1 is 1.40 bits per heavy atom. The molecule has 0 bridgehead atoms. The molecule has 0 spiro atoms. The molecule has 1 aromatic heterocycles. The molecule has 1 saturated carbocycles. The van der Waals surface area contributed by atoms with Gasteiger partial charge in [-0.3, -0.25) is 0 Å². The van der Waals surface area contributed by atoms with Gasteiger partial charge in [0.25, 0.3) is 5.95 Å². The quantitative estimate of drug-likeness (QED) is 0.786. The van der Waals surface area contributed by atoms with E-state index in [9.17, 15) is 13.2 Å². The molecular weight excluding hydrogens is 205 g/mol. The first-order chi connectivity index (χ1) is 7.11. The van der Waals surface area contributed by atoms with Crippen molar-refractivity contribution in [2.75, 3.05) is 5.32 Å². The highest BCUT2D eigenvalue weighted by Gasteiger charge is 2.36. The number of hydrogen-bond donors (Lipinski definition) is 1. The molecule has 0 aliphatic heterocycles. The average Bonchev–Trinajstić information content (AvgIpc) is 2.93. The molecule has 1 aromatic rings. The number of hydrogen-bond acceptors (Lipinski definition) is 2. The van der Waals surface area contributed by atoms with E-state index in [2.05, 4.69) is 10.3 Å². The smallest absolute Gasteiger partial charge is 0.251 e. The number of nitrogens with zero attached hydrogens (tertiary/aromatic N) is 1. The molecule has 1 N–H and O–H groups in total. The lowest BCUT2D eigenvalue weighted by Gasteiger charge is -2.05. The minimum atomic E-state index is -1.27. The van der Waals surface area contributed by atoms with Crippen molar-refractivity contribution in [2.24, 2.45) is 5.92 Å². The van der Waals surface area contributed by atoms with Crippen LogP contribution < -0.4 is 5.32 Å². The van der Waals surface area contributed by atoms with Gasteiger partial charge in [-0.05, 0) is 12.3 Å². The van der Waals surface area contributed by atoms with Crippen LogP contribution in [-0.2, 0) is 0 Å². The number of halogens is 3. The van der Waals surface area contributed by atoms with Gasteiger partial charge >= 0.3 is 0 Å². The summed E-state index contributed by atoms with van der Waals surface area (Å²) in [6.07, 6.45) is 1.92. The van der Waals surface area contributed by atoms with Crippen LogP contribution in [-0.4, -0.2) is 11.0 Å². The molecule has 1 fully saturated rings. The van der Waals surface area contributed by atoms with Gasteiger partial charge in [0.2, 0.25) is 0 Å². The van der Waals surface area contributed by atoms with E-state index in [1.165, 1.54) is 0 Å². The Morgan fingerprint density at radius 3 is 2.73 bits per heavy atom. The highest BCUT2D eigenvalue weighted by atomic mass is 19.2. The molecule has 0 saturated heterocycles. The van der Waals surface area contributed by atoms with Crippen molar-refractivity contribution in [1.82, 2.24) is 4.98 Å². The lowest BCUT2D eigenvalue weighted by Crippen LogP contribution is -2.09. The van der Waals surface area contributed by atoms with Crippen LogP contribution in [0.4, 0.5) is 19.0 Å². The Labute approximate surface area is 85.5 Å². The van der Waals surface area contributed by atoms with Gasteiger partial charge in [-0.25, -0.2) is 8.78 Å². The Morgan fingerprint density at radius 2 is 2.13 bits per heavy atom. The van der Waals surface area contributed by atoms with Crippen molar-refractivity contribution in [3.8, 4) is 0 Å². The predicted octanol–water partition coefficient (Wildman–Crippen LogP) is 2.71. The third-order valence-corrected chi connectivity index (χ3v) is 2.66. The van der Waals surface area contributed by atoms with Crippen LogP contribution in [0.25, 0.3) is 0 Å². The third-order valence-electron chi connectivity index (χ3n) is 2.66. The first kappa shape index (κ1) is 10.3. The second-order valence-corrected chi connectivity index (χ2v) is 3.75. The predicted molar refractivity (Wildman–Crippen MR) is 49.9 cm³/mol. The van der Waals surface area contributed by atoms with E-state index in [0.717, 1.165) is 12.8 Å². The van der Waals surface area contributed by atoms with E-state index < -0.39 is 17.6 Å². The van der Waals surface area contributed by atoms with E-state index in [0.29, 0.717) is 12.0 Å². The molecule has 1 aliphatic rings. The lowest BCUT2D eigenvalue weighted by molar-refractivity contribution is 0.466. The van der Waals surface area contributed by atoms with Crippen LogP contribution >= 0.6 is 0 Å². The van der Waals surface area contributed by atoms with Crippen molar-refractivity contribution >= 4 is 5.82 Å². The van der Waals surface area contributed by atoms with Crippen LogP contribution in [0.3, 0.4) is 0 Å². The van der Waals surface area contributed by atoms with Gasteiger partial charge in [-0.2, -0.15) is 9.37 Å². The summed E-state index contributed by atoms with van der Waals surface area (Å²) in [5, 5.41) is 2.76. The van der Waals surface area contributed by atoms with E-state index in [-0.39, 0.29) is 11.9 Å². The first-order valence-electron chi connectivity index (χ1n) is 4.90. The molecule has 5 heteroatoms. The van der Waals surface area contributed by atoms with Crippen molar-refractivity contribution in [3.63, 3.8) is 0 Å². The average molecular weight is 216 g/mol. The van der Waals surface area contributed by atoms with Crippen molar-refractivity contribution in [3.05, 3.63) is 23.6 Å². The summed E-state index contributed by atoms with van der Waals surface area (Å²) in [5.74, 6) is -3.10. The van der Waals surface area contributed by atoms with Gasteiger partial charge < -0.3 is 5.32 Å². The number of rotatable bonds is 3. The maximum atomic E-state index is 13.1. The molecule has 0 aromatic carbocycles. The fourth-order valence-electron chi connectivity index (χ4n) is 1.60. The Balaban J connectivity index is 2.12. The summed E-state index contributed by atoms with van der Waals surface area (Å²) in [6.45, 7) is 2.03. The fraction of sp³-hybridized carbons (Fsp3) is 0.500. The second kappa shape index (κ2) is 3.72. The topological polar surface area (TPSA) is 24.9 Å². The number of aromatic nitrogens is 1. The molecule has 0 amide bonds. The first-order valence-corrected chi connectivity index (χ1v) is 4.90. The number of anilines is 1. The zero-order chi connectivity index (χ0) is 11.0. The zero-order valence-electron chi connectivity index (χ0n) is 8.23. The highest BCUT2D eigenvalue weighted by Crippen LogP contribution is 2.36. The maximum absolute atomic E-state index is 13.1. The minimum absolute atomic E-state index is 0.141. The molecule has 0 radical (unpaired) electrons. The summed E-state index contributed by atoms with van der Waals surface area (Å²) in [4.78, 5) is 3.19.